The quantitative estimate of drug-likeness (QED) is 0.441. The topological polar surface area (TPSA) is 73.0 Å². The lowest BCUT2D eigenvalue weighted by molar-refractivity contribution is -0.113. The first-order valence-electron chi connectivity index (χ1n) is 9.30. The maximum absolute atomic E-state index is 12.6. The fraction of sp³-hybridized carbons (Fsp3) is 0.136. The number of hydrogen-bond acceptors (Lipinski definition) is 5. The Balaban J connectivity index is 1.46. The summed E-state index contributed by atoms with van der Waals surface area (Å²) in [5.41, 5.74) is 2.84. The minimum absolute atomic E-state index is 0.0939. The molecule has 2 heterocycles. The van der Waals surface area contributed by atoms with Crippen LogP contribution in [0, 0.1) is 0 Å². The third kappa shape index (κ3) is 4.25. The molecule has 2 aromatic heterocycles. The van der Waals surface area contributed by atoms with Gasteiger partial charge in [-0.3, -0.25) is 9.36 Å². The number of carbonyl (C=O) groups excluding carboxylic acids is 1. The summed E-state index contributed by atoms with van der Waals surface area (Å²) in [6.45, 7) is 2.69. The molecule has 0 spiro atoms. The highest BCUT2D eigenvalue weighted by Gasteiger charge is 2.16. The molecule has 0 unspecified atom stereocenters. The van der Waals surface area contributed by atoms with Gasteiger partial charge in [0.1, 0.15) is 0 Å². The number of rotatable bonds is 7. The predicted octanol–water partition coefficient (Wildman–Crippen LogP) is 4.96. The molecule has 29 heavy (non-hydrogen) atoms. The van der Waals surface area contributed by atoms with Gasteiger partial charge >= 0.3 is 0 Å². The summed E-state index contributed by atoms with van der Waals surface area (Å²) >= 11 is 1.35. The fourth-order valence-corrected chi connectivity index (χ4v) is 3.85. The average molecular weight is 404 g/mol. The van der Waals surface area contributed by atoms with Crippen LogP contribution in [0.2, 0.25) is 0 Å². The Hall–Kier alpha value is -3.32. The van der Waals surface area contributed by atoms with Crippen molar-refractivity contribution in [2.75, 3.05) is 11.1 Å². The molecule has 0 fully saturated rings. The number of nitrogens with zero attached hydrogens (tertiary/aromatic N) is 3. The zero-order chi connectivity index (χ0) is 20.1. The van der Waals surface area contributed by atoms with E-state index in [2.05, 4.69) is 15.5 Å². The Morgan fingerprint density at radius 1 is 1.03 bits per heavy atom. The van der Waals surface area contributed by atoms with Gasteiger partial charge in [0, 0.05) is 17.8 Å². The average Bonchev–Trinajstić information content (AvgIpc) is 3.42. The van der Waals surface area contributed by atoms with Crippen LogP contribution < -0.4 is 5.32 Å². The Morgan fingerprint density at radius 2 is 1.83 bits per heavy atom. The summed E-state index contributed by atoms with van der Waals surface area (Å²) in [7, 11) is 0. The van der Waals surface area contributed by atoms with Crippen LogP contribution in [-0.4, -0.2) is 26.4 Å². The van der Waals surface area contributed by atoms with E-state index in [0.717, 1.165) is 16.8 Å². The standard InChI is InChI=1S/C22H20N4O2S/c1-2-26-21(19-13-8-14-28-19)24-25-22(26)29-15-20(27)23-18-12-7-6-11-17(18)16-9-4-3-5-10-16/h3-14H,2,15H2,1H3,(H,23,27). The molecular weight excluding hydrogens is 384 g/mol. The summed E-state index contributed by atoms with van der Waals surface area (Å²) in [5.74, 6) is 1.46. The summed E-state index contributed by atoms with van der Waals surface area (Å²) in [6.07, 6.45) is 1.61. The molecule has 0 aliphatic rings. The van der Waals surface area contributed by atoms with E-state index in [9.17, 15) is 4.79 Å². The lowest BCUT2D eigenvalue weighted by Gasteiger charge is -2.11. The van der Waals surface area contributed by atoms with E-state index in [1.54, 1.807) is 6.26 Å². The summed E-state index contributed by atoms with van der Waals surface area (Å²) in [6, 6.07) is 21.4. The number of hydrogen-bond donors (Lipinski definition) is 1. The van der Waals surface area contributed by atoms with Crippen molar-refractivity contribution in [1.29, 1.82) is 0 Å². The summed E-state index contributed by atoms with van der Waals surface area (Å²) < 4.78 is 7.36. The Bertz CT molecular complexity index is 1090. The van der Waals surface area contributed by atoms with Gasteiger partial charge in [0.2, 0.25) is 5.91 Å². The van der Waals surface area contributed by atoms with Gasteiger partial charge in [-0.1, -0.05) is 60.3 Å². The van der Waals surface area contributed by atoms with Crippen molar-refractivity contribution in [3.8, 4) is 22.7 Å². The van der Waals surface area contributed by atoms with Crippen molar-refractivity contribution in [2.45, 2.75) is 18.6 Å². The van der Waals surface area contributed by atoms with Gasteiger partial charge in [0.25, 0.3) is 0 Å². The van der Waals surface area contributed by atoms with Gasteiger partial charge < -0.3 is 9.73 Å². The molecule has 1 N–H and O–H groups in total. The molecule has 0 atom stereocenters. The van der Waals surface area contributed by atoms with E-state index in [-0.39, 0.29) is 11.7 Å². The number of para-hydroxylation sites is 1. The lowest BCUT2D eigenvalue weighted by Crippen LogP contribution is -2.15. The van der Waals surface area contributed by atoms with Crippen molar-refractivity contribution >= 4 is 23.4 Å². The van der Waals surface area contributed by atoms with E-state index in [4.69, 9.17) is 4.42 Å². The first-order chi connectivity index (χ1) is 14.3. The second kappa shape index (κ2) is 8.79. The van der Waals surface area contributed by atoms with Crippen molar-refractivity contribution in [2.24, 2.45) is 0 Å². The molecule has 4 aromatic rings. The van der Waals surface area contributed by atoms with Crippen LogP contribution in [0.5, 0.6) is 0 Å². The number of carbonyl (C=O) groups is 1. The van der Waals surface area contributed by atoms with Crippen molar-refractivity contribution in [3.63, 3.8) is 0 Å². The monoisotopic (exact) mass is 404 g/mol. The highest BCUT2D eigenvalue weighted by molar-refractivity contribution is 7.99. The first kappa shape index (κ1) is 19.0. The van der Waals surface area contributed by atoms with Crippen LogP contribution >= 0.6 is 11.8 Å². The van der Waals surface area contributed by atoms with Gasteiger partial charge in [-0.25, -0.2) is 0 Å². The van der Waals surface area contributed by atoms with Crippen LogP contribution in [0.3, 0.4) is 0 Å². The second-order valence-electron chi connectivity index (χ2n) is 6.28. The summed E-state index contributed by atoms with van der Waals surface area (Å²) in [5, 5.41) is 12.1. The molecule has 7 heteroatoms. The number of benzene rings is 2. The molecule has 4 rings (SSSR count). The molecule has 1 amide bonds. The number of thioether (sulfide) groups is 1. The van der Waals surface area contributed by atoms with E-state index >= 15 is 0 Å². The van der Waals surface area contributed by atoms with Crippen LogP contribution in [0.4, 0.5) is 5.69 Å². The van der Waals surface area contributed by atoms with E-state index in [0.29, 0.717) is 23.3 Å². The fourth-order valence-electron chi connectivity index (χ4n) is 3.05. The molecule has 0 aliphatic heterocycles. The largest absolute Gasteiger partial charge is 0.461 e. The Labute approximate surface area is 173 Å². The zero-order valence-electron chi connectivity index (χ0n) is 15.9. The zero-order valence-corrected chi connectivity index (χ0v) is 16.7. The molecular formula is C22H20N4O2S. The van der Waals surface area contributed by atoms with Crippen molar-refractivity contribution in [3.05, 3.63) is 73.0 Å². The summed E-state index contributed by atoms with van der Waals surface area (Å²) in [4.78, 5) is 12.6. The highest BCUT2D eigenvalue weighted by atomic mass is 32.2. The number of aromatic nitrogens is 3. The highest BCUT2D eigenvalue weighted by Crippen LogP contribution is 2.28. The number of furan rings is 1. The number of nitrogens with one attached hydrogen (secondary N) is 1. The van der Waals surface area contributed by atoms with Crippen LogP contribution in [0.25, 0.3) is 22.7 Å². The smallest absolute Gasteiger partial charge is 0.234 e. The van der Waals surface area contributed by atoms with Gasteiger partial charge in [-0.05, 0) is 30.7 Å². The third-order valence-corrected chi connectivity index (χ3v) is 5.36. The van der Waals surface area contributed by atoms with Crippen LogP contribution in [0.1, 0.15) is 6.92 Å². The third-order valence-electron chi connectivity index (χ3n) is 4.39. The number of amides is 1. The molecule has 0 aliphatic carbocycles. The van der Waals surface area contributed by atoms with Gasteiger partial charge in [0.05, 0.1) is 12.0 Å². The Kier molecular flexibility index (Phi) is 5.76. The predicted molar refractivity (Wildman–Crippen MR) is 115 cm³/mol. The van der Waals surface area contributed by atoms with E-state index in [1.807, 2.05) is 78.2 Å². The molecule has 0 bridgehead atoms. The molecule has 2 aromatic carbocycles. The van der Waals surface area contributed by atoms with Crippen LogP contribution in [-0.2, 0) is 11.3 Å². The molecule has 146 valence electrons. The maximum Gasteiger partial charge on any atom is 0.234 e. The normalized spacial score (nSPS) is 10.8. The Morgan fingerprint density at radius 3 is 2.59 bits per heavy atom. The first-order valence-corrected chi connectivity index (χ1v) is 10.3. The lowest BCUT2D eigenvalue weighted by atomic mass is 10.0. The maximum atomic E-state index is 12.6. The number of anilines is 1. The van der Waals surface area contributed by atoms with Gasteiger partial charge in [0.15, 0.2) is 16.7 Å². The van der Waals surface area contributed by atoms with Crippen molar-refractivity contribution < 1.29 is 9.21 Å². The minimum atomic E-state index is -0.0939. The van der Waals surface area contributed by atoms with Gasteiger partial charge in [-0.2, -0.15) is 0 Å². The molecule has 6 nitrogen and oxygen atoms in total. The van der Waals surface area contributed by atoms with Crippen molar-refractivity contribution in [1.82, 2.24) is 14.8 Å². The second-order valence-corrected chi connectivity index (χ2v) is 7.22. The molecule has 0 saturated carbocycles. The molecule has 0 saturated heterocycles. The minimum Gasteiger partial charge on any atom is -0.461 e. The van der Waals surface area contributed by atoms with Crippen LogP contribution in [0.15, 0.2) is 82.6 Å². The van der Waals surface area contributed by atoms with E-state index < -0.39 is 0 Å². The molecule has 0 radical (unpaired) electrons. The van der Waals surface area contributed by atoms with Gasteiger partial charge in [-0.15, -0.1) is 10.2 Å². The SMILES string of the molecule is CCn1c(SCC(=O)Nc2ccccc2-c2ccccc2)nnc1-c1ccco1. The van der Waals surface area contributed by atoms with E-state index in [1.165, 1.54) is 11.8 Å².